The Hall–Kier alpha value is -1.38. The molecule has 0 spiro atoms. The van der Waals surface area contributed by atoms with Crippen LogP contribution in [0.3, 0.4) is 0 Å². The van der Waals surface area contributed by atoms with Gasteiger partial charge in [-0.3, -0.25) is 0 Å². The van der Waals surface area contributed by atoms with Gasteiger partial charge in [-0.25, -0.2) is 13.9 Å². The van der Waals surface area contributed by atoms with Crippen LogP contribution in [-0.4, -0.2) is 36.6 Å². The van der Waals surface area contributed by atoms with Crippen molar-refractivity contribution in [3.8, 4) is 0 Å². The second-order valence-corrected chi connectivity index (χ2v) is 6.16. The lowest BCUT2D eigenvalue weighted by atomic mass is 9.91. The van der Waals surface area contributed by atoms with E-state index in [1.54, 1.807) is 0 Å². The summed E-state index contributed by atoms with van der Waals surface area (Å²) in [6.07, 6.45) is 3.68. The van der Waals surface area contributed by atoms with Gasteiger partial charge in [-0.15, -0.1) is 0 Å². The molecule has 0 saturated carbocycles. The summed E-state index contributed by atoms with van der Waals surface area (Å²) >= 11 is 0. The van der Waals surface area contributed by atoms with Crippen LogP contribution in [0.1, 0.15) is 28.9 Å². The van der Waals surface area contributed by atoms with E-state index in [1.807, 2.05) is 0 Å². The molecule has 0 aliphatic carbocycles. The van der Waals surface area contributed by atoms with E-state index >= 15 is 0 Å². The monoisotopic (exact) mass is 287 g/mol. The van der Waals surface area contributed by atoms with Crippen molar-refractivity contribution in [3.05, 3.63) is 23.5 Å². The highest BCUT2D eigenvalue weighted by Gasteiger charge is 2.24. The first-order chi connectivity index (χ1) is 8.89. The van der Waals surface area contributed by atoms with Gasteiger partial charge in [0.1, 0.15) is 5.69 Å². The summed E-state index contributed by atoms with van der Waals surface area (Å²) in [7, 11) is -4.07. The molecule has 0 bridgehead atoms. The molecule has 1 aliphatic heterocycles. The Bertz CT molecular complexity index is 573. The van der Waals surface area contributed by atoms with E-state index in [4.69, 9.17) is 5.14 Å². The van der Waals surface area contributed by atoms with Crippen LogP contribution in [0.2, 0.25) is 0 Å². The number of piperidine rings is 1. The molecule has 0 radical (unpaired) electrons. The Labute approximate surface area is 111 Å². The van der Waals surface area contributed by atoms with Crippen LogP contribution in [0.25, 0.3) is 0 Å². The van der Waals surface area contributed by atoms with Gasteiger partial charge < -0.3 is 10.4 Å². The average Bonchev–Trinajstić information content (AvgIpc) is 2.74. The summed E-state index contributed by atoms with van der Waals surface area (Å²) in [6, 6.07) is 1.52. The number of aromatic carboxylic acids is 1. The summed E-state index contributed by atoms with van der Waals surface area (Å²) < 4.78 is 23.3. The van der Waals surface area contributed by atoms with E-state index in [2.05, 4.69) is 5.32 Å². The molecule has 2 rings (SSSR count). The number of hydrogen-bond donors (Lipinski definition) is 3. The summed E-state index contributed by atoms with van der Waals surface area (Å²) in [5.41, 5.74) is 0.273. The Morgan fingerprint density at radius 2 is 2.11 bits per heavy atom. The maximum atomic E-state index is 11.3. The third kappa shape index (κ3) is 3.14. The number of carboxylic acid groups (broad SMARTS) is 1. The highest BCUT2D eigenvalue weighted by atomic mass is 32.2. The van der Waals surface area contributed by atoms with Crippen molar-refractivity contribution in [2.45, 2.75) is 19.3 Å². The second kappa shape index (κ2) is 5.32. The van der Waals surface area contributed by atoms with Crippen LogP contribution in [0, 0.1) is 5.92 Å². The fraction of sp³-hybridized carbons (Fsp3) is 0.545. The lowest BCUT2D eigenvalue weighted by molar-refractivity contribution is 0.0687. The minimum Gasteiger partial charge on any atom is -0.477 e. The van der Waals surface area contributed by atoms with Crippen molar-refractivity contribution in [3.63, 3.8) is 0 Å². The summed E-state index contributed by atoms with van der Waals surface area (Å²) in [5.74, 6) is -0.904. The maximum absolute atomic E-state index is 11.3. The first-order valence-electron chi connectivity index (χ1n) is 6.07. The lowest BCUT2D eigenvalue weighted by Crippen LogP contribution is -2.29. The Balaban J connectivity index is 2.30. The van der Waals surface area contributed by atoms with E-state index in [0.29, 0.717) is 21.9 Å². The minimum absolute atomic E-state index is 0.249. The smallest absolute Gasteiger partial charge is 0.353 e. The zero-order chi connectivity index (χ0) is 14.0. The van der Waals surface area contributed by atoms with E-state index in [9.17, 15) is 18.3 Å². The second-order valence-electron chi connectivity index (χ2n) is 4.73. The molecule has 0 amide bonds. The molecule has 8 heteroatoms. The predicted molar refractivity (Wildman–Crippen MR) is 69.2 cm³/mol. The SMILES string of the molecule is NS(=O)(=O)n1ccc(CC2CCNCC2)c1C(=O)O. The maximum Gasteiger partial charge on any atom is 0.353 e. The fourth-order valence-corrected chi connectivity index (χ4v) is 3.14. The van der Waals surface area contributed by atoms with E-state index in [0.717, 1.165) is 25.9 Å². The number of carboxylic acids is 1. The quantitative estimate of drug-likeness (QED) is 0.708. The van der Waals surface area contributed by atoms with Crippen LogP contribution in [0.5, 0.6) is 0 Å². The van der Waals surface area contributed by atoms with Crippen molar-refractivity contribution < 1.29 is 18.3 Å². The standard InChI is InChI=1S/C11H17N3O4S/c12-19(17,18)14-6-3-9(10(14)11(15)16)7-8-1-4-13-5-2-8/h3,6,8,13H,1-2,4-5,7H2,(H,15,16)(H2,12,17,18). The zero-order valence-electron chi connectivity index (χ0n) is 10.4. The third-order valence-electron chi connectivity index (χ3n) is 3.38. The van der Waals surface area contributed by atoms with E-state index < -0.39 is 16.2 Å². The van der Waals surface area contributed by atoms with Crippen molar-refractivity contribution in [1.29, 1.82) is 0 Å². The Morgan fingerprint density at radius 3 is 2.63 bits per heavy atom. The molecule has 1 aliphatic rings. The summed E-state index contributed by atoms with van der Waals surface area (Å²) in [4.78, 5) is 11.2. The van der Waals surface area contributed by atoms with Crippen LogP contribution in [-0.2, 0) is 16.6 Å². The number of nitrogens with two attached hydrogens (primary N) is 1. The number of aromatic nitrogens is 1. The van der Waals surface area contributed by atoms with Gasteiger partial charge in [0.2, 0.25) is 0 Å². The molecule has 19 heavy (non-hydrogen) atoms. The molecule has 2 heterocycles. The molecule has 1 fully saturated rings. The van der Waals surface area contributed by atoms with Gasteiger partial charge in [-0.05, 0) is 49.9 Å². The van der Waals surface area contributed by atoms with Crippen LogP contribution in [0.15, 0.2) is 12.3 Å². The van der Waals surface area contributed by atoms with Crippen molar-refractivity contribution >= 4 is 16.2 Å². The molecule has 4 N–H and O–H groups in total. The molecule has 7 nitrogen and oxygen atoms in total. The lowest BCUT2D eigenvalue weighted by Gasteiger charge is -2.22. The van der Waals surface area contributed by atoms with Crippen LogP contribution < -0.4 is 10.5 Å². The number of hydrogen-bond acceptors (Lipinski definition) is 4. The van der Waals surface area contributed by atoms with Gasteiger partial charge in [0.25, 0.3) is 0 Å². The van der Waals surface area contributed by atoms with E-state index in [-0.39, 0.29) is 5.69 Å². The molecule has 1 aromatic heterocycles. The number of nitrogens with zero attached hydrogens (tertiary/aromatic N) is 1. The molecular formula is C11H17N3O4S. The Kier molecular flexibility index (Phi) is 3.93. The highest BCUT2D eigenvalue weighted by molar-refractivity contribution is 7.87. The number of nitrogens with one attached hydrogen (secondary N) is 1. The molecule has 1 saturated heterocycles. The molecule has 0 atom stereocenters. The van der Waals surface area contributed by atoms with Crippen molar-refractivity contribution in [2.24, 2.45) is 11.1 Å². The van der Waals surface area contributed by atoms with Gasteiger partial charge in [0.15, 0.2) is 0 Å². The fourth-order valence-electron chi connectivity index (χ4n) is 2.46. The number of carbonyl (C=O) groups is 1. The molecule has 106 valence electrons. The number of rotatable bonds is 4. The van der Waals surface area contributed by atoms with Crippen LogP contribution in [0.4, 0.5) is 0 Å². The van der Waals surface area contributed by atoms with E-state index in [1.165, 1.54) is 12.3 Å². The predicted octanol–water partition coefficient (Wildman–Crippen LogP) is -0.220. The van der Waals surface area contributed by atoms with Crippen molar-refractivity contribution in [1.82, 2.24) is 9.29 Å². The highest BCUT2D eigenvalue weighted by Crippen LogP contribution is 2.22. The average molecular weight is 287 g/mol. The van der Waals surface area contributed by atoms with Crippen LogP contribution >= 0.6 is 0 Å². The van der Waals surface area contributed by atoms with Gasteiger partial charge in [-0.2, -0.15) is 8.42 Å². The topological polar surface area (TPSA) is 114 Å². The zero-order valence-corrected chi connectivity index (χ0v) is 11.2. The normalized spacial score (nSPS) is 17.5. The van der Waals surface area contributed by atoms with Gasteiger partial charge >= 0.3 is 16.2 Å². The van der Waals surface area contributed by atoms with Gasteiger partial charge in [0, 0.05) is 6.20 Å². The minimum atomic E-state index is -4.07. The largest absolute Gasteiger partial charge is 0.477 e. The van der Waals surface area contributed by atoms with Crippen molar-refractivity contribution in [2.75, 3.05) is 13.1 Å². The first-order valence-corrected chi connectivity index (χ1v) is 7.57. The first kappa shape index (κ1) is 14.0. The van der Waals surface area contributed by atoms with Gasteiger partial charge in [0.05, 0.1) is 0 Å². The third-order valence-corrected chi connectivity index (χ3v) is 4.23. The molecule has 1 aromatic rings. The molecule has 0 aromatic carbocycles. The Morgan fingerprint density at radius 1 is 1.47 bits per heavy atom. The van der Waals surface area contributed by atoms with Gasteiger partial charge in [-0.1, -0.05) is 0 Å². The molecule has 0 unspecified atom stereocenters. The summed E-state index contributed by atoms with van der Waals surface area (Å²) in [6.45, 7) is 1.81. The molecular weight excluding hydrogens is 270 g/mol. The summed E-state index contributed by atoms with van der Waals surface area (Å²) in [5, 5.41) is 17.4.